The topological polar surface area (TPSA) is 81.2 Å². The van der Waals surface area contributed by atoms with Crippen LogP contribution in [0, 0.1) is 17.8 Å². The van der Waals surface area contributed by atoms with Crippen LogP contribution in [0.4, 0.5) is 5.69 Å². The Labute approximate surface area is 228 Å². The summed E-state index contributed by atoms with van der Waals surface area (Å²) in [5.41, 5.74) is 0.544. The number of likely N-dealkylation sites (tertiary alicyclic amines) is 1. The third-order valence-corrected chi connectivity index (χ3v) is 10.3. The van der Waals surface area contributed by atoms with Gasteiger partial charge >= 0.3 is 0 Å². The number of anilines is 1. The van der Waals surface area contributed by atoms with Gasteiger partial charge in [0.1, 0.15) is 6.04 Å². The van der Waals surface area contributed by atoms with Crippen LogP contribution in [-0.4, -0.2) is 81.5 Å². The first-order valence-electron chi connectivity index (χ1n) is 12.8. The van der Waals surface area contributed by atoms with E-state index in [9.17, 15) is 19.5 Å². The predicted molar refractivity (Wildman–Crippen MR) is 149 cm³/mol. The molecule has 0 aliphatic carbocycles. The number of aliphatic hydroxyl groups is 1. The first-order chi connectivity index (χ1) is 17.6. The first-order valence-corrected chi connectivity index (χ1v) is 14.0. The van der Waals surface area contributed by atoms with Crippen LogP contribution < -0.4 is 4.90 Å². The van der Waals surface area contributed by atoms with E-state index in [-0.39, 0.29) is 42.0 Å². The van der Waals surface area contributed by atoms with Crippen molar-refractivity contribution in [1.29, 1.82) is 0 Å². The lowest BCUT2D eigenvalue weighted by atomic mass is 9.70. The van der Waals surface area contributed by atoms with Crippen molar-refractivity contribution in [2.75, 3.05) is 31.6 Å². The molecule has 1 spiro atoms. The Morgan fingerprint density at radius 3 is 2.51 bits per heavy atom. The zero-order chi connectivity index (χ0) is 27.1. The van der Waals surface area contributed by atoms with Crippen molar-refractivity contribution < 1.29 is 19.5 Å². The molecule has 2 unspecified atom stereocenters. The number of rotatable bonds is 10. The molecule has 1 N–H and O–H groups in total. The number of likely N-dealkylation sites (N-methyl/N-ethyl adjacent to an activating group) is 1. The van der Waals surface area contributed by atoms with Gasteiger partial charge < -0.3 is 19.8 Å². The van der Waals surface area contributed by atoms with E-state index in [4.69, 9.17) is 11.6 Å². The SMILES string of the molecule is C=CCN(C)C(=O)[C@@H]1[C@@H]2CCC3(S2)C(C(=O)N(CC=C)c2ccccc2Cl)N([C@@H](CO)C(C)C)C(=O)[C@H]13. The van der Waals surface area contributed by atoms with E-state index >= 15 is 0 Å². The highest BCUT2D eigenvalue weighted by Crippen LogP contribution is 2.67. The molecule has 0 saturated carbocycles. The number of fused-ring (bicyclic) bond motifs is 1. The minimum atomic E-state index is -0.835. The van der Waals surface area contributed by atoms with E-state index < -0.39 is 28.7 Å². The number of amides is 3. The number of carbonyl (C=O) groups is 3. The average Bonchev–Trinajstić information content (AvgIpc) is 3.50. The van der Waals surface area contributed by atoms with Crippen LogP contribution >= 0.6 is 23.4 Å². The minimum Gasteiger partial charge on any atom is -0.394 e. The van der Waals surface area contributed by atoms with Crippen LogP contribution in [0.2, 0.25) is 5.02 Å². The molecule has 1 aromatic carbocycles. The smallest absolute Gasteiger partial charge is 0.251 e. The van der Waals surface area contributed by atoms with Crippen LogP contribution in [0.5, 0.6) is 0 Å². The van der Waals surface area contributed by atoms with E-state index in [1.165, 1.54) is 0 Å². The van der Waals surface area contributed by atoms with Crippen LogP contribution in [-0.2, 0) is 14.4 Å². The van der Waals surface area contributed by atoms with Crippen molar-refractivity contribution in [3.8, 4) is 0 Å². The molecule has 3 fully saturated rings. The van der Waals surface area contributed by atoms with Gasteiger partial charge in [0, 0.05) is 25.4 Å². The standard InChI is InChI=1S/C28H36ClN3O4S/c1-6-14-30(5)25(34)22-21-12-13-28(37-21)23(22)26(35)32(20(16-33)17(3)4)24(28)27(36)31(15-7-2)19-11-9-8-10-18(19)29/h6-11,17,20-24,33H,1-2,12-16H2,3-5H3/t20-,21-,22+,23-,24?,28?/m0/s1. The van der Waals surface area contributed by atoms with Gasteiger partial charge in [-0.15, -0.1) is 24.9 Å². The second-order valence-corrected chi connectivity index (χ2v) is 12.5. The van der Waals surface area contributed by atoms with Crippen molar-refractivity contribution in [2.45, 2.75) is 48.8 Å². The number of para-hydroxylation sites is 1. The molecular formula is C28H36ClN3O4S. The molecule has 200 valence electrons. The summed E-state index contributed by atoms with van der Waals surface area (Å²) in [6.45, 7) is 11.8. The number of carbonyl (C=O) groups excluding carboxylic acids is 3. The Bertz CT molecular complexity index is 1100. The molecule has 37 heavy (non-hydrogen) atoms. The molecule has 3 aliphatic rings. The van der Waals surface area contributed by atoms with E-state index in [0.29, 0.717) is 23.7 Å². The number of hydrogen-bond acceptors (Lipinski definition) is 5. The second kappa shape index (κ2) is 10.8. The Balaban J connectivity index is 1.84. The Morgan fingerprint density at radius 1 is 1.24 bits per heavy atom. The normalized spacial score (nSPS) is 28.8. The van der Waals surface area contributed by atoms with Gasteiger partial charge in [-0.25, -0.2) is 0 Å². The summed E-state index contributed by atoms with van der Waals surface area (Å²) < 4.78 is -0.753. The summed E-state index contributed by atoms with van der Waals surface area (Å²) in [5, 5.41) is 10.8. The van der Waals surface area contributed by atoms with Gasteiger partial charge in [-0.05, 0) is 30.9 Å². The van der Waals surface area contributed by atoms with Crippen LogP contribution in [0.15, 0.2) is 49.6 Å². The molecule has 9 heteroatoms. The largest absolute Gasteiger partial charge is 0.394 e. The molecule has 3 amide bonds. The summed E-state index contributed by atoms with van der Waals surface area (Å²) >= 11 is 8.13. The fourth-order valence-electron chi connectivity index (χ4n) is 6.42. The lowest BCUT2D eigenvalue weighted by molar-refractivity contribution is -0.145. The van der Waals surface area contributed by atoms with Gasteiger partial charge in [0.2, 0.25) is 11.8 Å². The van der Waals surface area contributed by atoms with Crippen molar-refractivity contribution >= 4 is 46.8 Å². The Hall–Kier alpha value is -2.29. The van der Waals surface area contributed by atoms with Crippen LogP contribution in [0.1, 0.15) is 26.7 Å². The summed E-state index contributed by atoms with van der Waals surface area (Å²) in [7, 11) is 1.72. The van der Waals surface area contributed by atoms with Crippen molar-refractivity contribution in [3.63, 3.8) is 0 Å². The van der Waals surface area contributed by atoms with Gasteiger partial charge in [0.05, 0.1) is 39.9 Å². The molecule has 7 nitrogen and oxygen atoms in total. The van der Waals surface area contributed by atoms with Crippen molar-refractivity contribution in [1.82, 2.24) is 9.80 Å². The zero-order valence-corrected chi connectivity index (χ0v) is 23.3. The lowest BCUT2D eigenvalue weighted by Crippen LogP contribution is -2.58. The minimum absolute atomic E-state index is 0.0361. The molecule has 0 aromatic heterocycles. The summed E-state index contributed by atoms with van der Waals surface area (Å²) in [6.07, 6.45) is 4.71. The molecular weight excluding hydrogens is 510 g/mol. The molecule has 3 saturated heterocycles. The third kappa shape index (κ3) is 4.41. The summed E-state index contributed by atoms with van der Waals surface area (Å²) in [6, 6.07) is 5.73. The molecule has 2 bridgehead atoms. The monoisotopic (exact) mass is 545 g/mol. The lowest BCUT2D eigenvalue weighted by Gasteiger charge is -2.40. The maximum absolute atomic E-state index is 14.5. The molecule has 1 aromatic rings. The quantitative estimate of drug-likeness (QED) is 0.454. The highest BCUT2D eigenvalue weighted by Gasteiger charge is 2.74. The predicted octanol–water partition coefficient (Wildman–Crippen LogP) is 3.61. The van der Waals surface area contributed by atoms with E-state index in [0.717, 1.165) is 6.42 Å². The first kappa shape index (κ1) is 27.7. The number of halogens is 1. The number of benzene rings is 1. The summed E-state index contributed by atoms with van der Waals surface area (Å²) in [5.74, 6) is -1.81. The molecule has 3 heterocycles. The van der Waals surface area contributed by atoms with Gasteiger partial charge in [0.15, 0.2) is 0 Å². The van der Waals surface area contributed by atoms with Crippen molar-refractivity contribution in [3.05, 3.63) is 54.6 Å². The fraction of sp³-hybridized carbons (Fsp3) is 0.536. The summed E-state index contributed by atoms with van der Waals surface area (Å²) in [4.78, 5) is 47.2. The zero-order valence-electron chi connectivity index (χ0n) is 21.7. The van der Waals surface area contributed by atoms with E-state index in [2.05, 4.69) is 13.2 Å². The maximum atomic E-state index is 14.5. The molecule has 4 rings (SSSR count). The van der Waals surface area contributed by atoms with Crippen LogP contribution in [0.25, 0.3) is 0 Å². The third-order valence-electron chi connectivity index (χ3n) is 8.07. The number of aliphatic hydroxyl groups excluding tert-OH is 1. The van der Waals surface area contributed by atoms with E-state index in [1.54, 1.807) is 63.9 Å². The maximum Gasteiger partial charge on any atom is 0.251 e. The van der Waals surface area contributed by atoms with Gasteiger partial charge in [0.25, 0.3) is 5.91 Å². The second-order valence-electron chi connectivity index (χ2n) is 10.5. The van der Waals surface area contributed by atoms with Gasteiger partial charge in [-0.2, -0.15) is 0 Å². The number of thioether (sulfide) groups is 1. The number of nitrogens with zero attached hydrogens (tertiary/aromatic N) is 3. The van der Waals surface area contributed by atoms with Crippen molar-refractivity contribution in [2.24, 2.45) is 17.8 Å². The van der Waals surface area contributed by atoms with E-state index in [1.807, 2.05) is 19.9 Å². The average molecular weight is 546 g/mol. The Kier molecular flexibility index (Phi) is 8.12. The number of hydrogen-bond donors (Lipinski definition) is 1. The van der Waals surface area contributed by atoms with Crippen LogP contribution in [0.3, 0.4) is 0 Å². The highest BCUT2D eigenvalue weighted by molar-refractivity contribution is 8.02. The molecule has 0 radical (unpaired) electrons. The van der Waals surface area contributed by atoms with Gasteiger partial charge in [-0.1, -0.05) is 49.7 Å². The Morgan fingerprint density at radius 2 is 1.92 bits per heavy atom. The molecule has 3 aliphatic heterocycles. The molecule has 6 atom stereocenters. The van der Waals surface area contributed by atoms with Gasteiger partial charge in [-0.3, -0.25) is 14.4 Å². The fourth-order valence-corrected chi connectivity index (χ4v) is 8.85. The highest BCUT2D eigenvalue weighted by atomic mass is 35.5.